The predicted molar refractivity (Wildman–Crippen MR) is 153 cm³/mol. The lowest BCUT2D eigenvalue weighted by Gasteiger charge is -2.32. The van der Waals surface area contributed by atoms with Crippen LogP contribution < -0.4 is 14.4 Å². The lowest BCUT2D eigenvalue weighted by atomic mass is 10.1. The minimum absolute atomic E-state index is 0.0242. The number of aryl methyl sites for hydroxylation is 1. The van der Waals surface area contributed by atoms with Gasteiger partial charge >= 0.3 is 0 Å². The second-order valence-corrected chi connectivity index (χ2v) is 11.4. The van der Waals surface area contributed by atoms with Crippen molar-refractivity contribution in [2.45, 2.75) is 44.7 Å². The fourth-order valence-electron chi connectivity index (χ4n) is 3.94. The third-order valence-corrected chi connectivity index (χ3v) is 8.31. The molecule has 2 amide bonds. The van der Waals surface area contributed by atoms with Crippen LogP contribution in [-0.2, 0) is 26.2 Å². The largest absolute Gasteiger partial charge is 0.495 e. The molecule has 0 saturated heterocycles. The van der Waals surface area contributed by atoms with E-state index in [1.807, 2.05) is 44.2 Å². The highest BCUT2D eigenvalue weighted by Gasteiger charge is 2.32. The van der Waals surface area contributed by atoms with Crippen LogP contribution >= 0.6 is 11.6 Å². The molecule has 0 saturated carbocycles. The van der Waals surface area contributed by atoms with E-state index in [9.17, 15) is 18.0 Å². The number of methoxy groups -OCH3 is 1. The fraction of sp³-hybridized carbons (Fsp3) is 0.310. The molecule has 0 bridgehead atoms. The average Bonchev–Trinajstić information content (AvgIpc) is 2.93. The number of anilines is 1. The van der Waals surface area contributed by atoms with Crippen LogP contribution in [0.25, 0.3) is 0 Å². The van der Waals surface area contributed by atoms with Crippen molar-refractivity contribution in [1.29, 1.82) is 0 Å². The summed E-state index contributed by atoms with van der Waals surface area (Å²) in [6.07, 6.45) is 0.742. The lowest BCUT2D eigenvalue weighted by Crippen LogP contribution is -2.51. The molecule has 3 aromatic carbocycles. The minimum Gasteiger partial charge on any atom is -0.495 e. The number of carbonyl (C=O) groups is 2. The van der Waals surface area contributed by atoms with Crippen LogP contribution in [0.4, 0.5) is 5.69 Å². The Morgan fingerprint density at radius 3 is 2.28 bits per heavy atom. The van der Waals surface area contributed by atoms with Crippen molar-refractivity contribution in [3.05, 3.63) is 88.9 Å². The third kappa shape index (κ3) is 7.52. The maximum Gasteiger partial charge on any atom is 0.264 e. The van der Waals surface area contributed by atoms with E-state index in [0.29, 0.717) is 12.3 Å². The second-order valence-electron chi connectivity index (χ2n) is 9.12. The first-order chi connectivity index (χ1) is 18.6. The van der Waals surface area contributed by atoms with Crippen LogP contribution in [0, 0.1) is 6.92 Å². The van der Waals surface area contributed by atoms with Gasteiger partial charge in [0, 0.05) is 13.1 Å². The van der Waals surface area contributed by atoms with Crippen LogP contribution in [0.5, 0.6) is 5.75 Å². The zero-order valence-corrected chi connectivity index (χ0v) is 24.1. The zero-order chi connectivity index (χ0) is 28.6. The summed E-state index contributed by atoms with van der Waals surface area (Å²) in [5, 5.41) is 3.02. The topological polar surface area (TPSA) is 96.0 Å². The van der Waals surface area contributed by atoms with Gasteiger partial charge in [0.05, 0.1) is 22.7 Å². The van der Waals surface area contributed by atoms with Gasteiger partial charge in [-0.2, -0.15) is 0 Å². The first kappa shape index (κ1) is 30.0. The Balaban J connectivity index is 2.04. The Morgan fingerprint density at radius 2 is 1.69 bits per heavy atom. The standard InChI is InChI=1S/C29H34ClN3O5S/c1-5-17-31-29(35)22(3)32(19-23-9-7-6-8-10-23)28(34)20-33(24-13-16-27(38-4)26(30)18-24)39(36,37)25-14-11-21(2)12-15-25/h6-16,18,22H,5,17,19-20H2,1-4H3,(H,31,35). The highest BCUT2D eigenvalue weighted by atomic mass is 35.5. The maximum absolute atomic E-state index is 13.9. The maximum atomic E-state index is 13.9. The van der Waals surface area contributed by atoms with Gasteiger partial charge < -0.3 is 15.0 Å². The van der Waals surface area contributed by atoms with Gasteiger partial charge in [-0.1, -0.05) is 66.6 Å². The molecular formula is C29H34ClN3O5S. The normalized spacial score (nSPS) is 11.9. The lowest BCUT2D eigenvalue weighted by molar-refractivity contribution is -0.139. The number of hydrogen-bond acceptors (Lipinski definition) is 5. The molecule has 3 rings (SSSR count). The summed E-state index contributed by atoms with van der Waals surface area (Å²) in [5.41, 5.74) is 1.89. The van der Waals surface area contributed by atoms with E-state index in [-0.39, 0.29) is 28.1 Å². The molecule has 0 radical (unpaired) electrons. The molecule has 0 aliphatic carbocycles. The van der Waals surface area contributed by atoms with Crippen LogP contribution in [0.2, 0.25) is 5.02 Å². The first-order valence-corrected chi connectivity index (χ1v) is 14.4. The van der Waals surface area contributed by atoms with E-state index in [4.69, 9.17) is 16.3 Å². The second kappa shape index (κ2) is 13.5. The van der Waals surface area contributed by atoms with Gasteiger partial charge in [-0.05, 0) is 56.2 Å². The zero-order valence-electron chi connectivity index (χ0n) is 22.6. The van der Waals surface area contributed by atoms with Crippen LogP contribution in [0.15, 0.2) is 77.7 Å². The molecule has 0 heterocycles. The molecule has 1 N–H and O–H groups in total. The van der Waals surface area contributed by atoms with Crippen molar-refractivity contribution in [2.75, 3.05) is 24.5 Å². The van der Waals surface area contributed by atoms with Gasteiger partial charge in [0.2, 0.25) is 11.8 Å². The molecule has 39 heavy (non-hydrogen) atoms. The Kier molecular flexibility index (Phi) is 10.4. The number of rotatable bonds is 12. The van der Waals surface area contributed by atoms with E-state index < -0.39 is 28.5 Å². The number of carbonyl (C=O) groups excluding carboxylic acids is 2. The number of amides is 2. The molecular weight excluding hydrogens is 538 g/mol. The number of nitrogens with one attached hydrogen (secondary N) is 1. The van der Waals surface area contributed by atoms with Crippen molar-refractivity contribution in [3.8, 4) is 5.75 Å². The van der Waals surface area contributed by atoms with Gasteiger partial charge in [-0.15, -0.1) is 0 Å². The van der Waals surface area contributed by atoms with Crippen LogP contribution in [0.1, 0.15) is 31.4 Å². The number of halogens is 1. The first-order valence-electron chi connectivity index (χ1n) is 12.6. The van der Waals surface area contributed by atoms with Crippen molar-refractivity contribution in [1.82, 2.24) is 10.2 Å². The molecule has 1 atom stereocenters. The van der Waals surface area contributed by atoms with Gasteiger partial charge in [0.25, 0.3) is 10.0 Å². The average molecular weight is 572 g/mol. The van der Waals surface area contributed by atoms with Gasteiger partial charge in [0.15, 0.2) is 0 Å². The summed E-state index contributed by atoms with van der Waals surface area (Å²) in [6, 6.07) is 19.3. The van der Waals surface area contributed by atoms with Crippen molar-refractivity contribution < 1.29 is 22.7 Å². The highest BCUT2D eigenvalue weighted by molar-refractivity contribution is 7.92. The molecule has 0 aromatic heterocycles. The molecule has 3 aromatic rings. The predicted octanol–water partition coefficient (Wildman–Crippen LogP) is 4.80. The van der Waals surface area contributed by atoms with Crippen LogP contribution in [0.3, 0.4) is 0 Å². The van der Waals surface area contributed by atoms with E-state index in [1.165, 1.54) is 36.3 Å². The van der Waals surface area contributed by atoms with Gasteiger partial charge in [0.1, 0.15) is 18.3 Å². The quantitative estimate of drug-likeness (QED) is 0.337. The molecule has 0 aliphatic rings. The summed E-state index contributed by atoms with van der Waals surface area (Å²) in [6.45, 7) is 5.47. The van der Waals surface area contributed by atoms with Crippen LogP contribution in [-0.4, -0.2) is 51.4 Å². The minimum atomic E-state index is -4.18. The van der Waals surface area contributed by atoms with Crippen molar-refractivity contribution in [2.24, 2.45) is 0 Å². The highest BCUT2D eigenvalue weighted by Crippen LogP contribution is 2.32. The summed E-state index contributed by atoms with van der Waals surface area (Å²) in [7, 11) is -2.73. The molecule has 10 heteroatoms. The molecule has 0 fully saturated rings. The van der Waals surface area contributed by atoms with Gasteiger partial charge in [-0.25, -0.2) is 8.42 Å². The Bertz CT molecular complexity index is 1380. The number of nitrogens with zero attached hydrogens (tertiary/aromatic N) is 2. The summed E-state index contributed by atoms with van der Waals surface area (Å²) < 4.78 is 34.0. The van der Waals surface area contributed by atoms with E-state index in [2.05, 4.69) is 5.32 Å². The smallest absolute Gasteiger partial charge is 0.264 e. The molecule has 8 nitrogen and oxygen atoms in total. The molecule has 1 unspecified atom stereocenters. The summed E-state index contributed by atoms with van der Waals surface area (Å²) >= 11 is 6.34. The monoisotopic (exact) mass is 571 g/mol. The van der Waals surface area contributed by atoms with E-state index in [1.54, 1.807) is 25.1 Å². The Hall–Kier alpha value is -3.56. The molecule has 0 aliphatic heterocycles. The van der Waals surface area contributed by atoms with Crippen molar-refractivity contribution in [3.63, 3.8) is 0 Å². The Labute approximate surface area is 235 Å². The number of hydrogen-bond donors (Lipinski definition) is 1. The molecule has 0 spiro atoms. The fourth-order valence-corrected chi connectivity index (χ4v) is 5.59. The third-order valence-electron chi connectivity index (χ3n) is 6.22. The Morgan fingerprint density at radius 1 is 1.03 bits per heavy atom. The SMILES string of the molecule is CCCNC(=O)C(C)N(Cc1ccccc1)C(=O)CN(c1ccc(OC)c(Cl)c1)S(=O)(=O)c1ccc(C)cc1. The number of benzene rings is 3. The van der Waals surface area contributed by atoms with E-state index >= 15 is 0 Å². The molecule has 208 valence electrons. The van der Waals surface area contributed by atoms with E-state index in [0.717, 1.165) is 21.9 Å². The number of ether oxygens (including phenoxy) is 1. The number of sulfonamides is 1. The van der Waals surface area contributed by atoms with Gasteiger partial charge in [-0.3, -0.25) is 13.9 Å². The summed E-state index contributed by atoms with van der Waals surface area (Å²) in [4.78, 5) is 28.2. The summed E-state index contributed by atoms with van der Waals surface area (Å²) in [5.74, 6) is -0.492. The van der Waals surface area contributed by atoms with Crippen molar-refractivity contribution >= 4 is 39.1 Å².